The van der Waals surface area contributed by atoms with E-state index in [2.05, 4.69) is 0 Å². The van der Waals surface area contributed by atoms with Crippen molar-refractivity contribution in [2.45, 2.75) is 6.92 Å². The molecule has 18 heavy (non-hydrogen) atoms. The quantitative estimate of drug-likeness (QED) is 0.275. The SMILES string of the molecule is CC(=O)[O-].O=P([O-])(O)O.O=P([O-])([O-])O.[K+].[Na+].[Na+].[Na+]. The molecule has 0 aromatic carbocycles. The molecule has 0 atom stereocenters. The van der Waals surface area contributed by atoms with Crippen LogP contribution in [0.2, 0.25) is 0 Å². The molecule has 0 unspecified atom stereocenters. The Morgan fingerprint density at radius 1 is 0.944 bits per heavy atom. The van der Waals surface area contributed by atoms with Crippen LogP contribution in [-0.4, -0.2) is 20.6 Å². The fourth-order valence-corrected chi connectivity index (χ4v) is 0. The Hall–Kier alpha value is 4.33. The summed E-state index contributed by atoms with van der Waals surface area (Å²) in [6, 6.07) is 0. The van der Waals surface area contributed by atoms with Gasteiger partial charge in [0.05, 0.1) is 7.82 Å². The van der Waals surface area contributed by atoms with Crippen LogP contribution >= 0.6 is 15.6 Å². The maximum atomic E-state index is 8.89. The largest absolute Gasteiger partial charge is 1.00 e. The van der Waals surface area contributed by atoms with Crippen LogP contribution in [0.15, 0.2) is 0 Å². The molecule has 0 saturated carbocycles. The first kappa shape index (κ1) is 43.2. The number of hydrogen-bond acceptors (Lipinski definition) is 7. The number of carboxylic acid groups (broad SMARTS) is 1. The summed E-state index contributed by atoms with van der Waals surface area (Å²) in [6.45, 7) is 0.972. The van der Waals surface area contributed by atoms with Gasteiger partial charge in [-0.15, -0.1) is 0 Å². The topological polar surface area (TPSA) is 204 Å². The van der Waals surface area contributed by atoms with Gasteiger partial charge in [0.1, 0.15) is 0 Å². The second kappa shape index (κ2) is 23.6. The first-order valence-corrected chi connectivity index (χ1v) is 5.45. The summed E-state index contributed by atoms with van der Waals surface area (Å²) in [7, 11) is -10.0. The van der Waals surface area contributed by atoms with E-state index in [0.717, 1.165) is 6.92 Å². The number of aliphatic carboxylic acids is 1. The fourth-order valence-electron chi connectivity index (χ4n) is 0. The van der Waals surface area contributed by atoms with E-state index in [1.54, 1.807) is 0 Å². The Morgan fingerprint density at radius 2 is 0.944 bits per heavy atom. The number of carbonyl (C=O) groups excluding carboxylic acids is 1. The summed E-state index contributed by atoms with van der Waals surface area (Å²) in [5.41, 5.74) is 0. The van der Waals surface area contributed by atoms with E-state index in [0.29, 0.717) is 0 Å². The molecule has 88 valence electrons. The molecule has 16 heteroatoms. The van der Waals surface area contributed by atoms with Crippen molar-refractivity contribution in [3.8, 4) is 0 Å². The van der Waals surface area contributed by atoms with E-state index in [1.807, 2.05) is 0 Å². The monoisotopic (exact) mass is 360 g/mol. The average molecular weight is 360 g/mol. The number of rotatable bonds is 0. The number of phosphoric acid groups is 2. The first-order valence-electron chi connectivity index (χ1n) is 2.42. The van der Waals surface area contributed by atoms with Gasteiger partial charge in [-0.25, -0.2) is 0 Å². The van der Waals surface area contributed by atoms with Crippen LogP contribution in [0.5, 0.6) is 0 Å². The van der Waals surface area contributed by atoms with Gasteiger partial charge < -0.3 is 43.8 Å². The van der Waals surface area contributed by atoms with Crippen LogP contribution in [-0.2, 0) is 13.9 Å². The Kier molecular flexibility index (Phi) is 56.7. The first-order chi connectivity index (χ1) is 5.73. The van der Waals surface area contributed by atoms with Crippen LogP contribution in [0.1, 0.15) is 6.92 Å². The Balaban J connectivity index is -0.0000000183. The van der Waals surface area contributed by atoms with Gasteiger partial charge in [0.15, 0.2) is 0 Å². The molecule has 0 saturated heterocycles. The molecule has 0 bridgehead atoms. The zero-order valence-corrected chi connectivity index (χ0v) is 21.5. The summed E-state index contributed by atoms with van der Waals surface area (Å²) in [5, 5.41) is 8.89. The molecule has 10 nitrogen and oxygen atoms in total. The van der Waals surface area contributed by atoms with Crippen LogP contribution in [0.4, 0.5) is 0 Å². The van der Waals surface area contributed by atoms with E-state index in [4.69, 9.17) is 48.4 Å². The molecule has 0 aliphatic rings. The van der Waals surface area contributed by atoms with E-state index in [1.165, 1.54) is 0 Å². The number of carboxylic acids is 1. The van der Waals surface area contributed by atoms with E-state index in [9.17, 15) is 0 Å². The fraction of sp³-hybridized carbons (Fsp3) is 0.500. The number of carbonyl (C=O) groups is 1. The molecule has 0 amide bonds. The van der Waals surface area contributed by atoms with Gasteiger partial charge in [-0.2, -0.15) is 0 Å². The van der Waals surface area contributed by atoms with Gasteiger partial charge in [-0.3, -0.25) is 4.57 Å². The molecular formula is C2H6KNa3O10P2. The Morgan fingerprint density at radius 3 is 0.944 bits per heavy atom. The maximum Gasteiger partial charge on any atom is 1.00 e. The van der Waals surface area contributed by atoms with Crippen molar-refractivity contribution in [2.75, 3.05) is 0 Å². The third kappa shape index (κ3) is 406. The van der Waals surface area contributed by atoms with Gasteiger partial charge in [0.2, 0.25) is 0 Å². The molecule has 0 fully saturated rings. The van der Waals surface area contributed by atoms with Gasteiger partial charge in [0, 0.05) is 5.97 Å². The Bertz CT molecular complexity index is 209. The predicted octanol–water partition coefficient (Wildman–Crippen LogP) is -17.0. The summed E-state index contributed by atoms with van der Waals surface area (Å²) >= 11 is 0. The van der Waals surface area contributed by atoms with Crippen molar-refractivity contribution in [1.29, 1.82) is 0 Å². The summed E-state index contributed by atoms with van der Waals surface area (Å²) in [5.74, 6) is -1.08. The van der Waals surface area contributed by atoms with Crippen molar-refractivity contribution in [3.63, 3.8) is 0 Å². The number of hydrogen-bond donors (Lipinski definition) is 3. The normalized spacial score (nSPS) is 7.94. The molecule has 0 aliphatic heterocycles. The molecular weight excluding hydrogens is 354 g/mol. The van der Waals surface area contributed by atoms with Gasteiger partial charge in [-0.1, -0.05) is 0 Å². The van der Waals surface area contributed by atoms with E-state index >= 15 is 0 Å². The zero-order valence-electron chi connectivity index (χ0n) is 10.6. The Labute approximate surface area is 212 Å². The molecule has 0 aromatic rings. The third-order valence-electron chi connectivity index (χ3n) is 0. The van der Waals surface area contributed by atoms with Crippen LogP contribution < -0.4 is 160 Å². The minimum Gasteiger partial charge on any atom is -0.790 e. The van der Waals surface area contributed by atoms with Crippen LogP contribution in [0, 0.1) is 0 Å². The maximum absolute atomic E-state index is 8.89. The van der Waals surface area contributed by atoms with Gasteiger partial charge in [0.25, 0.3) is 7.82 Å². The minimum atomic E-state index is -5.14. The summed E-state index contributed by atoms with van der Waals surface area (Å²) in [4.78, 5) is 56.1. The van der Waals surface area contributed by atoms with Crippen LogP contribution in [0.25, 0.3) is 0 Å². The smallest absolute Gasteiger partial charge is 0.790 e. The zero-order chi connectivity index (χ0) is 12.6. The molecule has 0 spiro atoms. The third-order valence-corrected chi connectivity index (χ3v) is 0. The van der Waals surface area contributed by atoms with E-state index < -0.39 is 21.6 Å². The second-order valence-corrected chi connectivity index (χ2v) is 3.37. The van der Waals surface area contributed by atoms with Crippen molar-refractivity contribution in [2.24, 2.45) is 0 Å². The molecule has 0 aromatic heterocycles. The molecule has 0 rings (SSSR count). The standard InChI is InChI=1S/C2H4O2.K.3Na.2H3O4P/c1-2(3)4;;;;;2*1-5(2,3)4/h1H3,(H,3,4);;;;;2*(H3,1,2,3,4)/q;4*+1;;/p-4. The molecule has 0 aliphatic carbocycles. The molecule has 0 heterocycles. The van der Waals surface area contributed by atoms with Gasteiger partial charge in [-0.05, 0) is 6.92 Å². The van der Waals surface area contributed by atoms with Crippen molar-refractivity contribution in [3.05, 3.63) is 0 Å². The second-order valence-electron chi connectivity index (χ2n) is 1.45. The average Bonchev–Trinajstić information content (AvgIpc) is 1.45. The van der Waals surface area contributed by atoms with Gasteiger partial charge >= 0.3 is 140 Å². The van der Waals surface area contributed by atoms with Crippen molar-refractivity contribution in [1.82, 2.24) is 0 Å². The molecule has 3 N–H and O–H groups in total. The van der Waals surface area contributed by atoms with Crippen LogP contribution in [0.3, 0.4) is 0 Å². The van der Waals surface area contributed by atoms with Crippen molar-refractivity contribution < 1.29 is 188 Å². The minimum absolute atomic E-state index is 0. The predicted molar refractivity (Wildman–Crippen MR) is 32.6 cm³/mol. The summed E-state index contributed by atoms with van der Waals surface area (Å²) < 4.78 is 17.4. The molecule has 0 radical (unpaired) electrons. The van der Waals surface area contributed by atoms with E-state index in [-0.39, 0.29) is 140 Å². The van der Waals surface area contributed by atoms with Crippen molar-refractivity contribution >= 4 is 21.6 Å². The summed E-state index contributed by atoms with van der Waals surface area (Å²) in [6.07, 6.45) is 0.